The average molecular weight is 296 g/mol. The molecule has 0 radical (unpaired) electrons. The second kappa shape index (κ2) is 10.7. The van der Waals surface area contributed by atoms with Gasteiger partial charge in [-0.15, -0.1) is 0 Å². The highest BCUT2D eigenvalue weighted by atomic mass is 19.1. The van der Waals surface area contributed by atoms with Gasteiger partial charge in [0.25, 0.3) is 0 Å². The van der Waals surface area contributed by atoms with Gasteiger partial charge in [0.05, 0.1) is 6.61 Å². The van der Waals surface area contributed by atoms with Crippen LogP contribution in [0.3, 0.4) is 0 Å². The molecule has 0 aromatic heterocycles. The van der Waals surface area contributed by atoms with Crippen LogP contribution in [0.5, 0.6) is 0 Å². The van der Waals surface area contributed by atoms with E-state index in [0.717, 1.165) is 51.0 Å². The number of aliphatic hydroxyl groups is 1. The maximum atomic E-state index is 13.0. The highest BCUT2D eigenvalue weighted by molar-refractivity contribution is 5.19. The van der Waals surface area contributed by atoms with E-state index in [2.05, 4.69) is 24.1 Å². The number of halogens is 1. The van der Waals surface area contributed by atoms with Crippen molar-refractivity contribution in [2.24, 2.45) is 0 Å². The third kappa shape index (κ3) is 7.02. The summed E-state index contributed by atoms with van der Waals surface area (Å²) in [5.41, 5.74) is 1.12. The molecule has 0 saturated carbocycles. The number of nitrogens with zero attached hydrogens (tertiary/aromatic N) is 1. The lowest BCUT2D eigenvalue weighted by atomic mass is 10.0. The molecule has 0 fully saturated rings. The summed E-state index contributed by atoms with van der Waals surface area (Å²) in [7, 11) is 0. The van der Waals surface area contributed by atoms with E-state index in [0.29, 0.717) is 0 Å². The van der Waals surface area contributed by atoms with E-state index >= 15 is 0 Å². The van der Waals surface area contributed by atoms with Crippen LogP contribution in [0.15, 0.2) is 24.3 Å². The number of unbranched alkanes of at least 4 members (excludes halogenated alkanes) is 1. The molecule has 4 heteroatoms. The number of benzene rings is 1. The number of aliphatic hydroxyl groups excluding tert-OH is 1. The standard InChI is InChI=1S/C17H29FN2O/c1-3-5-11-20(13-14-21)12-10-17(19-4-2)15-6-8-16(18)9-7-15/h6-9,17,19,21H,3-5,10-14H2,1-2H3. The summed E-state index contributed by atoms with van der Waals surface area (Å²) in [6.45, 7) is 8.04. The first-order chi connectivity index (χ1) is 10.2. The topological polar surface area (TPSA) is 35.5 Å². The van der Waals surface area contributed by atoms with E-state index in [1.54, 1.807) is 0 Å². The molecule has 3 nitrogen and oxygen atoms in total. The van der Waals surface area contributed by atoms with Crippen LogP contribution in [0.2, 0.25) is 0 Å². The Morgan fingerprint density at radius 3 is 2.43 bits per heavy atom. The molecule has 1 rings (SSSR count). The normalized spacial score (nSPS) is 12.8. The van der Waals surface area contributed by atoms with Crippen molar-refractivity contribution >= 4 is 0 Å². The smallest absolute Gasteiger partial charge is 0.123 e. The Morgan fingerprint density at radius 2 is 1.86 bits per heavy atom. The lowest BCUT2D eigenvalue weighted by molar-refractivity contribution is 0.187. The fraction of sp³-hybridized carbons (Fsp3) is 0.647. The third-order valence-electron chi connectivity index (χ3n) is 3.70. The number of hydrogen-bond acceptors (Lipinski definition) is 3. The maximum absolute atomic E-state index is 13.0. The van der Waals surface area contributed by atoms with Gasteiger partial charge in [-0.3, -0.25) is 0 Å². The van der Waals surface area contributed by atoms with Gasteiger partial charge in [-0.25, -0.2) is 4.39 Å². The fourth-order valence-electron chi connectivity index (χ4n) is 2.50. The predicted molar refractivity (Wildman–Crippen MR) is 85.9 cm³/mol. The minimum atomic E-state index is -0.196. The molecule has 0 aliphatic heterocycles. The van der Waals surface area contributed by atoms with Gasteiger partial charge in [-0.05, 0) is 43.6 Å². The van der Waals surface area contributed by atoms with E-state index in [9.17, 15) is 4.39 Å². The molecule has 1 aromatic carbocycles. The molecule has 1 atom stereocenters. The van der Waals surface area contributed by atoms with Crippen molar-refractivity contribution in [2.75, 3.05) is 32.8 Å². The summed E-state index contributed by atoms with van der Waals surface area (Å²) in [4.78, 5) is 2.30. The summed E-state index contributed by atoms with van der Waals surface area (Å²) in [6.07, 6.45) is 3.28. The van der Waals surface area contributed by atoms with E-state index in [4.69, 9.17) is 5.11 Å². The van der Waals surface area contributed by atoms with Crippen molar-refractivity contribution in [3.05, 3.63) is 35.6 Å². The highest BCUT2D eigenvalue weighted by Gasteiger charge is 2.12. The SMILES string of the molecule is CCCCN(CCO)CCC(NCC)c1ccc(F)cc1. The molecule has 21 heavy (non-hydrogen) atoms. The van der Waals surface area contributed by atoms with Crippen molar-refractivity contribution in [1.29, 1.82) is 0 Å². The summed E-state index contributed by atoms with van der Waals surface area (Å²) in [6, 6.07) is 6.97. The molecule has 1 aromatic rings. The molecular weight excluding hydrogens is 267 g/mol. The van der Waals surface area contributed by atoms with Crippen molar-refractivity contribution in [3.8, 4) is 0 Å². The summed E-state index contributed by atoms with van der Waals surface area (Å²) in [5, 5.41) is 12.6. The molecule has 0 bridgehead atoms. The van der Waals surface area contributed by atoms with Crippen molar-refractivity contribution in [3.63, 3.8) is 0 Å². The van der Waals surface area contributed by atoms with Crippen LogP contribution in [-0.2, 0) is 0 Å². The van der Waals surface area contributed by atoms with Gasteiger partial charge in [0, 0.05) is 19.1 Å². The molecule has 120 valence electrons. The molecule has 2 N–H and O–H groups in total. The summed E-state index contributed by atoms with van der Waals surface area (Å²) < 4.78 is 13.0. The predicted octanol–water partition coefficient (Wildman–Crippen LogP) is 2.96. The van der Waals surface area contributed by atoms with E-state index in [1.165, 1.54) is 12.1 Å². The molecular formula is C17H29FN2O. The second-order valence-corrected chi connectivity index (χ2v) is 5.37. The zero-order valence-corrected chi connectivity index (χ0v) is 13.3. The van der Waals surface area contributed by atoms with Crippen molar-refractivity contribution in [2.45, 2.75) is 39.2 Å². The van der Waals surface area contributed by atoms with Crippen LogP contribution in [0.4, 0.5) is 4.39 Å². The maximum Gasteiger partial charge on any atom is 0.123 e. The molecule has 0 saturated heterocycles. The fourth-order valence-corrected chi connectivity index (χ4v) is 2.50. The number of rotatable bonds is 11. The lowest BCUT2D eigenvalue weighted by Crippen LogP contribution is -2.32. The largest absolute Gasteiger partial charge is 0.395 e. The Kier molecular flexibility index (Phi) is 9.22. The molecule has 1 unspecified atom stereocenters. The van der Waals surface area contributed by atoms with Crippen LogP contribution >= 0.6 is 0 Å². The molecule has 0 heterocycles. The van der Waals surface area contributed by atoms with Crippen LogP contribution in [0.1, 0.15) is 44.7 Å². The summed E-state index contributed by atoms with van der Waals surface area (Å²) in [5.74, 6) is -0.196. The van der Waals surface area contributed by atoms with Gasteiger partial charge >= 0.3 is 0 Å². The lowest BCUT2D eigenvalue weighted by Gasteiger charge is -2.25. The zero-order chi connectivity index (χ0) is 15.5. The van der Waals surface area contributed by atoms with Crippen LogP contribution in [-0.4, -0.2) is 42.8 Å². The van der Waals surface area contributed by atoms with Gasteiger partial charge < -0.3 is 15.3 Å². The molecule has 0 amide bonds. The molecule has 0 aliphatic rings. The van der Waals surface area contributed by atoms with Crippen LogP contribution < -0.4 is 5.32 Å². The van der Waals surface area contributed by atoms with Gasteiger partial charge in [0.2, 0.25) is 0 Å². The second-order valence-electron chi connectivity index (χ2n) is 5.37. The highest BCUT2D eigenvalue weighted by Crippen LogP contribution is 2.18. The Balaban J connectivity index is 2.57. The van der Waals surface area contributed by atoms with Gasteiger partial charge in [-0.2, -0.15) is 0 Å². The first kappa shape index (κ1) is 18.1. The van der Waals surface area contributed by atoms with E-state index in [1.807, 2.05) is 12.1 Å². The van der Waals surface area contributed by atoms with Crippen molar-refractivity contribution < 1.29 is 9.50 Å². The number of hydrogen-bond donors (Lipinski definition) is 2. The van der Waals surface area contributed by atoms with Crippen molar-refractivity contribution in [1.82, 2.24) is 10.2 Å². The third-order valence-corrected chi connectivity index (χ3v) is 3.70. The average Bonchev–Trinajstić information content (AvgIpc) is 2.49. The first-order valence-corrected chi connectivity index (χ1v) is 8.03. The van der Waals surface area contributed by atoms with Gasteiger partial charge in [0.1, 0.15) is 5.82 Å². The van der Waals surface area contributed by atoms with E-state index < -0.39 is 0 Å². The summed E-state index contributed by atoms with van der Waals surface area (Å²) >= 11 is 0. The Hall–Kier alpha value is -0.970. The zero-order valence-electron chi connectivity index (χ0n) is 13.3. The molecule has 0 spiro atoms. The number of nitrogens with one attached hydrogen (secondary N) is 1. The Bertz CT molecular complexity index is 370. The minimum Gasteiger partial charge on any atom is -0.395 e. The Morgan fingerprint density at radius 1 is 1.14 bits per heavy atom. The Labute approximate surface area is 128 Å². The van der Waals surface area contributed by atoms with Gasteiger partial charge in [-0.1, -0.05) is 32.4 Å². The quantitative estimate of drug-likeness (QED) is 0.659. The monoisotopic (exact) mass is 296 g/mol. The van der Waals surface area contributed by atoms with Crippen LogP contribution in [0.25, 0.3) is 0 Å². The van der Waals surface area contributed by atoms with Gasteiger partial charge in [0.15, 0.2) is 0 Å². The molecule has 0 aliphatic carbocycles. The van der Waals surface area contributed by atoms with Crippen LogP contribution in [0, 0.1) is 5.82 Å². The van der Waals surface area contributed by atoms with E-state index in [-0.39, 0.29) is 18.5 Å². The minimum absolute atomic E-state index is 0.196. The first-order valence-electron chi connectivity index (χ1n) is 8.03.